The molecule has 1 unspecified atom stereocenters. The van der Waals surface area contributed by atoms with Crippen molar-refractivity contribution in [1.82, 2.24) is 0 Å². The summed E-state index contributed by atoms with van der Waals surface area (Å²) < 4.78 is 0. The minimum absolute atomic E-state index is 0.535. The van der Waals surface area contributed by atoms with Crippen LogP contribution in [0.3, 0.4) is 0 Å². The van der Waals surface area contributed by atoms with Crippen LogP contribution in [0.4, 0.5) is 0 Å². The van der Waals surface area contributed by atoms with Gasteiger partial charge in [-0.05, 0) is 18.8 Å². The number of rotatable bonds is 4. The molecule has 1 heteroatoms. The van der Waals surface area contributed by atoms with Crippen LogP contribution in [0.5, 0.6) is 0 Å². The zero-order valence-corrected chi connectivity index (χ0v) is 5.93. The molecule has 0 amide bonds. The van der Waals surface area contributed by atoms with Gasteiger partial charge in [0.15, 0.2) is 0 Å². The number of hydrogen-bond donors (Lipinski definition) is 0. The topological polar surface area (TPSA) is 23.8 Å². The van der Waals surface area contributed by atoms with Crippen molar-refractivity contribution in [2.24, 2.45) is 5.92 Å². The summed E-state index contributed by atoms with van der Waals surface area (Å²) in [7, 11) is 0. The maximum atomic E-state index is 8.26. The first-order valence-corrected chi connectivity index (χ1v) is 3.29. The molecule has 0 aromatic carbocycles. The third-order valence-electron chi connectivity index (χ3n) is 1.30. The van der Waals surface area contributed by atoms with E-state index in [0.29, 0.717) is 12.3 Å². The number of allylic oxidation sites excluding steroid dienone is 1. The Kier molecular flexibility index (Phi) is 4.91. The van der Waals surface area contributed by atoms with E-state index in [9.17, 15) is 0 Å². The molecule has 0 radical (unpaired) electrons. The van der Waals surface area contributed by atoms with E-state index in [1.165, 1.54) is 0 Å². The number of nitriles is 1. The minimum atomic E-state index is 0.535. The van der Waals surface area contributed by atoms with E-state index in [4.69, 9.17) is 5.26 Å². The normalized spacial score (nSPS) is 12.0. The first kappa shape index (κ1) is 8.23. The molecule has 1 atom stereocenters. The van der Waals surface area contributed by atoms with Gasteiger partial charge in [0.1, 0.15) is 0 Å². The maximum absolute atomic E-state index is 8.26. The monoisotopic (exact) mass is 123 g/mol. The van der Waals surface area contributed by atoms with E-state index in [0.717, 1.165) is 12.8 Å². The Morgan fingerprint density at radius 3 is 2.89 bits per heavy atom. The Morgan fingerprint density at radius 2 is 2.44 bits per heavy atom. The zero-order chi connectivity index (χ0) is 7.11. The van der Waals surface area contributed by atoms with Crippen LogP contribution in [0.1, 0.15) is 26.2 Å². The van der Waals surface area contributed by atoms with Crippen molar-refractivity contribution in [1.29, 1.82) is 5.26 Å². The van der Waals surface area contributed by atoms with E-state index in [2.05, 4.69) is 19.6 Å². The zero-order valence-electron chi connectivity index (χ0n) is 5.93. The lowest BCUT2D eigenvalue weighted by molar-refractivity contribution is 0.552. The molecule has 0 saturated carbocycles. The van der Waals surface area contributed by atoms with Crippen LogP contribution < -0.4 is 0 Å². The highest BCUT2D eigenvalue weighted by Crippen LogP contribution is 2.08. The first-order valence-electron chi connectivity index (χ1n) is 3.29. The van der Waals surface area contributed by atoms with Crippen molar-refractivity contribution in [3.8, 4) is 6.07 Å². The van der Waals surface area contributed by atoms with Crippen molar-refractivity contribution >= 4 is 0 Å². The largest absolute Gasteiger partial charge is 0.198 e. The first-order chi connectivity index (χ1) is 4.31. The Morgan fingerprint density at radius 1 is 1.78 bits per heavy atom. The van der Waals surface area contributed by atoms with Crippen LogP contribution >= 0.6 is 0 Å². The van der Waals surface area contributed by atoms with Gasteiger partial charge in [0.2, 0.25) is 0 Å². The second-order valence-electron chi connectivity index (χ2n) is 2.33. The summed E-state index contributed by atoms with van der Waals surface area (Å²) in [6.07, 6.45) is 4.70. The Hall–Kier alpha value is -0.770. The van der Waals surface area contributed by atoms with Crippen LogP contribution in [0.2, 0.25) is 0 Å². The predicted molar refractivity (Wildman–Crippen MR) is 38.8 cm³/mol. The highest BCUT2D eigenvalue weighted by molar-refractivity contribution is 4.75. The number of hydrogen-bond acceptors (Lipinski definition) is 1. The van der Waals surface area contributed by atoms with Crippen LogP contribution in [0.25, 0.3) is 0 Å². The molecule has 0 heterocycles. The third kappa shape index (κ3) is 5.10. The highest BCUT2D eigenvalue weighted by atomic mass is 14.2. The van der Waals surface area contributed by atoms with E-state index in [-0.39, 0.29) is 0 Å². The SMILES string of the molecule is C=CCCC(C)CC#N. The summed E-state index contributed by atoms with van der Waals surface area (Å²) in [5.41, 5.74) is 0. The molecule has 0 N–H and O–H groups in total. The van der Waals surface area contributed by atoms with Crippen LogP contribution in [-0.2, 0) is 0 Å². The molecule has 0 aromatic rings. The van der Waals surface area contributed by atoms with Crippen molar-refractivity contribution in [3.05, 3.63) is 12.7 Å². The molecule has 0 bridgehead atoms. The van der Waals surface area contributed by atoms with E-state index in [1.807, 2.05) is 6.08 Å². The molecule has 0 aromatic heterocycles. The van der Waals surface area contributed by atoms with Crippen LogP contribution in [-0.4, -0.2) is 0 Å². The third-order valence-corrected chi connectivity index (χ3v) is 1.30. The molecule has 0 aliphatic carbocycles. The van der Waals surface area contributed by atoms with Gasteiger partial charge in [0.05, 0.1) is 6.07 Å². The molecular formula is C8H13N. The minimum Gasteiger partial charge on any atom is -0.198 e. The maximum Gasteiger partial charge on any atom is 0.0624 e. The molecule has 50 valence electrons. The van der Waals surface area contributed by atoms with Gasteiger partial charge in [0.25, 0.3) is 0 Å². The molecule has 0 aliphatic rings. The van der Waals surface area contributed by atoms with Gasteiger partial charge in [-0.15, -0.1) is 6.58 Å². The van der Waals surface area contributed by atoms with Crippen molar-refractivity contribution in [2.45, 2.75) is 26.2 Å². The van der Waals surface area contributed by atoms with E-state index < -0.39 is 0 Å². The molecule has 0 rings (SSSR count). The van der Waals surface area contributed by atoms with Gasteiger partial charge in [-0.25, -0.2) is 0 Å². The summed E-state index contributed by atoms with van der Waals surface area (Å²) in [4.78, 5) is 0. The average molecular weight is 123 g/mol. The summed E-state index contributed by atoms with van der Waals surface area (Å²) in [5, 5.41) is 8.26. The van der Waals surface area contributed by atoms with Crippen molar-refractivity contribution in [2.75, 3.05) is 0 Å². The highest BCUT2D eigenvalue weighted by Gasteiger charge is 1.97. The molecular weight excluding hydrogens is 110 g/mol. The van der Waals surface area contributed by atoms with Crippen molar-refractivity contribution < 1.29 is 0 Å². The van der Waals surface area contributed by atoms with Gasteiger partial charge >= 0.3 is 0 Å². The molecule has 0 fully saturated rings. The molecule has 1 nitrogen and oxygen atoms in total. The van der Waals surface area contributed by atoms with Crippen LogP contribution in [0.15, 0.2) is 12.7 Å². The Bertz CT molecular complexity index is 110. The molecule has 0 spiro atoms. The fraction of sp³-hybridized carbons (Fsp3) is 0.625. The second-order valence-corrected chi connectivity index (χ2v) is 2.33. The van der Waals surface area contributed by atoms with Gasteiger partial charge < -0.3 is 0 Å². The smallest absolute Gasteiger partial charge is 0.0624 e. The van der Waals surface area contributed by atoms with Crippen LogP contribution in [0, 0.1) is 17.2 Å². The lowest BCUT2D eigenvalue weighted by Crippen LogP contribution is -1.90. The van der Waals surface area contributed by atoms with E-state index >= 15 is 0 Å². The van der Waals surface area contributed by atoms with Crippen molar-refractivity contribution in [3.63, 3.8) is 0 Å². The molecule has 0 saturated heterocycles. The summed E-state index contributed by atoms with van der Waals surface area (Å²) in [6, 6.07) is 2.14. The van der Waals surface area contributed by atoms with Gasteiger partial charge in [-0.3, -0.25) is 0 Å². The number of nitrogens with zero attached hydrogens (tertiary/aromatic N) is 1. The standard InChI is InChI=1S/C8H13N/c1-3-4-5-8(2)6-7-9/h3,8H,1,4-6H2,2H3. The summed E-state index contributed by atoms with van der Waals surface area (Å²) in [6.45, 7) is 5.70. The lowest BCUT2D eigenvalue weighted by atomic mass is 10.0. The summed E-state index contributed by atoms with van der Waals surface area (Å²) in [5.74, 6) is 0.535. The quantitative estimate of drug-likeness (QED) is 0.527. The molecule has 9 heavy (non-hydrogen) atoms. The Labute approximate surface area is 57.0 Å². The second kappa shape index (κ2) is 5.37. The fourth-order valence-corrected chi connectivity index (χ4v) is 0.660. The van der Waals surface area contributed by atoms with Gasteiger partial charge in [0, 0.05) is 6.42 Å². The van der Waals surface area contributed by atoms with Gasteiger partial charge in [-0.2, -0.15) is 5.26 Å². The molecule has 0 aliphatic heterocycles. The van der Waals surface area contributed by atoms with E-state index in [1.54, 1.807) is 0 Å². The fourth-order valence-electron chi connectivity index (χ4n) is 0.660. The Balaban J connectivity index is 3.17. The lowest BCUT2D eigenvalue weighted by Gasteiger charge is -2.01. The van der Waals surface area contributed by atoms with Gasteiger partial charge in [-0.1, -0.05) is 13.0 Å². The predicted octanol–water partition coefficient (Wildman–Crippen LogP) is 2.50. The summed E-state index contributed by atoms with van der Waals surface area (Å²) >= 11 is 0. The average Bonchev–Trinajstić information content (AvgIpc) is 1.85.